The average Bonchev–Trinajstić information content (AvgIpc) is 2.58. The fourth-order valence-corrected chi connectivity index (χ4v) is 2.24. The van der Waals surface area contributed by atoms with Crippen molar-refractivity contribution in [1.29, 1.82) is 0 Å². The lowest BCUT2D eigenvalue weighted by molar-refractivity contribution is -0.138. The fourth-order valence-electron chi connectivity index (χ4n) is 2.12. The Balaban J connectivity index is 1.88. The Morgan fingerprint density at radius 1 is 1.00 bits per heavy atom. The zero-order chi connectivity index (χ0) is 18.4. The Labute approximate surface area is 151 Å². The summed E-state index contributed by atoms with van der Waals surface area (Å²) < 4.78 is 12.9. The lowest BCUT2D eigenvalue weighted by Crippen LogP contribution is -2.45. The van der Waals surface area contributed by atoms with E-state index < -0.39 is 17.1 Å². The van der Waals surface area contributed by atoms with Crippen LogP contribution in [0.3, 0.4) is 0 Å². The highest BCUT2D eigenvalue weighted by atomic mass is 35.5. The summed E-state index contributed by atoms with van der Waals surface area (Å²) in [6, 6.07) is 12.7. The number of carbonyl (C=O) groups is 2. The van der Waals surface area contributed by atoms with Gasteiger partial charge in [0, 0.05) is 17.3 Å². The first-order chi connectivity index (χ1) is 11.8. The molecule has 0 aliphatic heterocycles. The van der Waals surface area contributed by atoms with Gasteiger partial charge in [0.2, 0.25) is 11.8 Å². The van der Waals surface area contributed by atoms with Crippen LogP contribution in [0.4, 0.5) is 10.1 Å². The molecule has 0 spiro atoms. The number of hydrogen-bond acceptors (Lipinski definition) is 2. The summed E-state index contributed by atoms with van der Waals surface area (Å²) in [6.07, 6.45) is 0.637. The average molecular weight is 363 g/mol. The number of halogens is 2. The van der Waals surface area contributed by atoms with Gasteiger partial charge < -0.3 is 10.6 Å². The monoisotopic (exact) mass is 362 g/mol. The minimum Gasteiger partial charge on any atom is -0.355 e. The van der Waals surface area contributed by atoms with Crippen LogP contribution in [0.1, 0.15) is 19.4 Å². The smallest absolute Gasteiger partial charge is 0.239 e. The summed E-state index contributed by atoms with van der Waals surface area (Å²) in [5.74, 6) is -1.22. The normalized spacial score (nSPS) is 11.0. The molecule has 0 bridgehead atoms. The zero-order valence-corrected chi connectivity index (χ0v) is 14.9. The molecule has 0 atom stereocenters. The highest BCUT2D eigenvalue weighted by molar-refractivity contribution is 6.30. The van der Waals surface area contributed by atoms with Gasteiger partial charge >= 0.3 is 0 Å². The van der Waals surface area contributed by atoms with E-state index in [9.17, 15) is 14.0 Å². The van der Waals surface area contributed by atoms with Crippen molar-refractivity contribution in [2.45, 2.75) is 20.3 Å². The van der Waals surface area contributed by atoms with Gasteiger partial charge in [-0.3, -0.25) is 9.59 Å². The van der Waals surface area contributed by atoms with Gasteiger partial charge in [-0.1, -0.05) is 23.7 Å². The van der Waals surface area contributed by atoms with Gasteiger partial charge in [-0.25, -0.2) is 4.39 Å². The molecule has 0 fully saturated rings. The van der Waals surface area contributed by atoms with E-state index in [1.165, 1.54) is 24.3 Å². The van der Waals surface area contributed by atoms with Gasteiger partial charge in [0.05, 0.1) is 0 Å². The van der Waals surface area contributed by atoms with Crippen LogP contribution in [0.2, 0.25) is 5.02 Å². The molecular weight excluding hydrogens is 343 g/mol. The maximum atomic E-state index is 12.9. The van der Waals surface area contributed by atoms with Gasteiger partial charge in [-0.15, -0.1) is 0 Å². The lowest BCUT2D eigenvalue weighted by atomic mass is 9.91. The van der Waals surface area contributed by atoms with Crippen molar-refractivity contribution in [3.05, 3.63) is 64.9 Å². The van der Waals surface area contributed by atoms with E-state index in [-0.39, 0.29) is 5.91 Å². The number of amides is 2. The zero-order valence-electron chi connectivity index (χ0n) is 14.1. The van der Waals surface area contributed by atoms with Crippen LogP contribution in [0, 0.1) is 11.2 Å². The molecule has 2 aromatic rings. The first-order valence-corrected chi connectivity index (χ1v) is 8.26. The highest BCUT2D eigenvalue weighted by Gasteiger charge is 2.35. The van der Waals surface area contributed by atoms with Crippen molar-refractivity contribution in [1.82, 2.24) is 5.32 Å². The van der Waals surface area contributed by atoms with Crippen LogP contribution in [-0.4, -0.2) is 18.4 Å². The van der Waals surface area contributed by atoms with E-state index in [2.05, 4.69) is 10.6 Å². The Hall–Kier alpha value is -2.40. The molecule has 0 aromatic heterocycles. The lowest BCUT2D eigenvalue weighted by Gasteiger charge is -2.22. The second-order valence-corrected chi connectivity index (χ2v) is 6.65. The number of carbonyl (C=O) groups excluding carboxylic acids is 2. The number of rotatable bonds is 6. The summed E-state index contributed by atoms with van der Waals surface area (Å²) in [7, 11) is 0. The molecule has 0 saturated heterocycles. The van der Waals surface area contributed by atoms with Crippen LogP contribution in [0.15, 0.2) is 48.5 Å². The van der Waals surface area contributed by atoms with Gasteiger partial charge in [0.25, 0.3) is 0 Å². The first-order valence-electron chi connectivity index (χ1n) is 7.89. The molecule has 2 N–H and O–H groups in total. The summed E-state index contributed by atoms with van der Waals surface area (Å²) in [4.78, 5) is 24.7. The van der Waals surface area contributed by atoms with Crippen molar-refractivity contribution < 1.29 is 14.0 Å². The summed E-state index contributed by atoms with van der Waals surface area (Å²) in [5.41, 5.74) is 0.223. The van der Waals surface area contributed by atoms with Gasteiger partial charge in [-0.05, 0) is 62.2 Å². The Bertz CT molecular complexity index is 743. The predicted molar refractivity (Wildman–Crippen MR) is 97.0 cm³/mol. The molecule has 132 valence electrons. The molecule has 2 aromatic carbocycles. The molecule has 25 heavy (non-hydrogen) atoms. The number of hydrogen-bond donors (Lipinski definition) is 2. The Kier molecular flexibility index (Phi) is 6.15. The van der Waals surface area contributed by atoms with E-state index in [0.717, 1.165) is 5.56 Å². The molecule has 0 aliphatic carbocycles. The minimum absolute atomic E-state index is 0.374. The van der Waals surface area contributed by atoms with E-state index >= 15 is 0 Å². The second kappa shape index (κ2) is 8.12. The van der Waals surface area contributed by atoms with Crippen molar-refractivity contribution in [3.8, 4) is 0 Å². The maximum Gasteiger partial charge on any atom is 0.239 e. The van der Waals surface area contributed by atoms with Crippen LogP contribution < -0.4 is 10.6 Å². The van der Waals surface area contributed by atoms with Gasteiger partial charge in [0.15, 0.2) is 0 Å². The molecular formula is C19H20ClFN2O2. The van der Waals surface area contributed by atoms with E-state index in [1.807, 2.05) is 12.1 Å². The second-order valence-electron chi connectivity index (χ2n) is 6.22. The Morgan fingerprint density at radius 2 is 1.60 bits per heavy atom. The summed E-state index contributed by atoms with van der Waals surface area (Å²) >= 11 is 5.83. The quantitative estimate of drug-likeness (QED) is 0.768. The van der Waals surface area contributed by atoms with Crippen molar-refractivity contribution in [2.75, 3.05) is 11.9 Å². The van der Waals surface area contributed by atoms with Gasteiger partial charge in [-0.2, -0.15) is 0 Å². The predicted octanol–water partition coefficient (Wildman–Crippen LogP) is 3.80. The molecule has 0 unspecified atom stereocenters. The van der Waals surface area contributed by atoms with Gasteiger partial charge in [0.1, 0.15) is 11.2 Å². The number of benzene rings is 2. The van der Waals surface area contributed by atoms with Crippen LogP contribution >= 0.6 is 11.6 Å². The largest absolute Gasteiger partial charge is 0.355 e. The highest BCUT2D eigenvalue weighted by Crippen LogP contribution is 2.19. The fraction of sp³-hybridized carbons (Fsp3) is 0.263. The standard InChI is InChI=1S/C19H20ClFN2O2/c1-19(2,18(25)23-16-9-7-15(21)8-10-16)17(24)22-12-11-13-3-5-14(20)6-4-13/h3-10H,11-12H2,1-2H3,(H,22,24)(H,23,25). The van der Waals surface area contributed by atoms with Crippen LogP contribution in [0.25, 0.3) is 0 Å². The molecule has 0 heterocycles. The maximum absolute atomic E-state index is 12.9. The Morgan fingerprint density at radius 3 is 2.20 bits per heavy atom. The van der Waals surface area contributed by atoms with Crippen LogP contribution in [0.5, 0.6) is 0 Å². The SMILES string of the molecule is CC(C)(C(=O)NCCc1ccc(Cl)cc1)C(=O)Nc1ccc(F)cc1. The molecule has 0 saturated carbocycles. The molecule has 4 nitrogen and oxygen atoms in total. The molecule has 2 amide bonds. The molecule has 0 radical (unpaired) electrons. The van der Waals surface area contributed by atoms with Crippen molar-refractivity contribution in [3.63, 3.8) is 0 Å². The number of nitrogens with one attached hydrogen (secondary N) is 2. The topological polar surface area (TPSA) is 58.2 Å². The summed E-state index contributed by atoms with van der Waals surface area (Å²) in [5, 5.41) is 6.05. The third-order valence-electron chi connectivity index (χ3n) is 3.85. The minimum atomic E-state index is -1.26. The summed E-state index contributed by atoms with van der Waals surface area (Å²) in [6.45, 7) is 3.50. The van der Waals surface area contributed by atoms with Crippen LogP contribution in [-0.2, 0) is 16.0 Å². The molecule has 6 heteroatoms. The van der Waals surface area contributed by atoms with E-state index in [1.54, 1.807) is 26.0 Å². The molecule has 0 aliphatic rings. The van der Waals surface area contributed by atoms with E-state index in [4.69, 9.17) is 11.6 Å². The van der Waals surface area contributed by atoms with Crippen molar-refractivity contribution in [2.24, 2.45) is 5.41 Å². The van der Waals surface area contributed by atoms with E-state index in [0.29, 0.717) is 23.7 Å². The number of anilines is 1. The molecule has 2 rings (SSSR count). The first kappa shape index (κ1) is 18.9. The third kappa shape index (κ3) is 5.29. The van der Waals surface area contributed by atoms with Crippen molar-refractivity contribution >= 4 is 29.1 Å². The third-order valence-corrected chi connectivity index (χ3v) is 4.10.